The van der Waals surface area contributed by atoms with E-state index in [-0.39, 0.29) is 5.15 Å². The van der Waals surface area contributed by atoms with Crippen LogP contribution in [0.1, 0.15) is 0 Å². The van der Waals surface area contributed by atoms with Crippen LogP contribution in [0.25, 0.3) is 27.3 Å². The molecule has 0 saturated carbocycles. The monoisotopic (exact) mass is 408 g/mol. The molecule has 0 bridgehead atoms. The number of rotatable bonds is 4. The number of fused-ring (bicyclic) bond motifs is 2. The van der Waals surface area contributed by atoms with Gasteiger partial charge in [-0.1, -0.05) is 35.9 Å². The van der Waals surface area contributed by atoms with E-state index in [2.05, 4.69) is 25.4 Å². The Morgan fingerprint density at radius 3 is 2.68 bits per heavy atom. The van der Waals surface area contributed by atoms with Crippen LogP contribution < -0.4 is 10.1 Å². The van der Waals surface area contributed by atoms with Crippen LogP contribution in [0, 0.1) is 0 Å². The molecule has 0 atom stereocenters. The molecule has 138 valence electrons. The zero-order valence-corrected chi connectivity index (χ0v) is 16.2. The molecule has 0 aliphatic rings. The van der Waals surface area contributed by atoms with Gasteiger partial charge in [0, 0.05) is 10.9 Å². The second kappa shape index (κ2) is 6.74. The summed E-state index contributed by atoms with van der Waals surface area (Å²) in [5.41, 5.74) is 3.39. The van der Waals surface area contributed by atoms with Crippen LogP contribution in [0.5, 0.6) is 5.75 Å². The number of para-hydroxylation sites is 2. The number of thiazole rings is 1. The average molecular weight is 409 g/mol. The molecule has 0 radical (unpaired) electrons. The Labute approximate surface area is 168 Å². The third kappa shape index (κ3) is 2.92. The lowest BCUT2D eigenvalue weighted by atomic mass is 10.2. The van der Waals surface area contributed by atoms with Gasteiger partial charge < -0.3 is 10.1 Å². The third-order valence-corrected chi connectivity index (χ3v) is 5.28. The number of benzene rings is 2. The Balaban J connectivity index is 1.53. The molecule has 1 N–H and O–H groups in total. The molecule has 28 heavy (non-hydrogen) atoms. The fourth-order valence-electron chi connectivity index (χ4n) is 2.88. The molecule has 5 aromatic rings. The first kappa shape index (κ1) is 16.9. The highest BCUT2D eigenvalue weighted by atomic mass is 35.5. The highest BCUT2D eigenvalue weighted by Crippen LogP contribution is 2.29. The zero-order valence-electron chi connectivity index (χ0n) is 14.6. The Bertz CT molecular complexity index is 1310. The molecule has 2 aromatic carbocycles. The van der Waals surface area contributed by atoms with E-state index < -0.39 is 0 Å². The first-order valence-corrected chi connectivity index (χ1v) is 9.65. The number of hydrogen-bond donors (Lipinski definition) is 1. The quantitative estimate of drug-likeness (QED) is 0.460. The summed E-state index contributed by atoms with van der Waals surface area (Å²) in [5.74, 6) is 1.61. The number of aromatic nitrogens is 5. The Kier molecular flexibility index (Phi) is 4.07. The molecule has 7 nitrogen and oxygen atoms in total. The number of halogens is 1. The second-order valence-electron chi connectivity index (χ2n) is 5.96. The fourth-order valence-corrected chi connectivity index (χ4v) is 3.89. The largest absolute Gasteiger partial charge is 0.497 e. The number of methoxy groups -OCH3 is 1. The van der Waals surface area contributed by atoms with Crippen LogP contribution in [-0.4, -0.2) is 31.7 Å². The van der Waals surface area contributed by atoms with Crippen molar-refractivity contribution in [2.75, 3.05) is 12.4 Å². The van der Waals surface area contributed by atoms with Gasteiger partial charge in [0.15, 0.2) is 11.0 Å². The van der Waals surface area contributed by atoms with Gasteiger partial charge in [-0.05, 0) is 24.3 Å². The summed E-state index contributed by atoms with van der Waals surface area (Å²) in [6, 6.07) is 15.4. The minimum Gasteiger partial charge on any atom is -0.497 e. The van der Waals surface area contributed by atoms with Gasteiger partial charge in [-0.25, -0.2) is 14.5 Å². The van der Waals surface area contributed by atoms with Crippen LogP contribution in [0.3, 0.4) is 0 Å². The highest BCUT2D eigenvalue weighted by Gasteiger charge is 2.14. The van der Waals surface area contributed by atoms with Gasteiger partial charge >= 0.3 is 0 Å². The van der Waals surface area contributed by atoms with Crippen molar-refractivity contribution in [3.05, 3.63) is 59.1 Å². The Morgan fingerprint density at radius 2 is 1.86 bits per heavy atom. The maximum absolute atomic E-state index is 6.28. The summed E-state index contributed by atoms with van der Waals surface area (Å²) in [4.78, 5) is 14.2. The lowest BCUT2D eigenvalue weighted by Crippen LogP contribution is -1.99. The topological polar surface area (TPSA) is 77.2 Å². The lowest BCUT2D eigenvalue weighted by molar-refractivity contribution is 0.415. The third-order valence-electron chi connectivity index (χ3n) is 4.21. The Hall–Kier alpha value is -3.23. The van der Waals surface area contributed by atoms with Crippen molar-refractivity contribution in [2.45, 2.75) is 0 Å². The average Bonchev–Trinajstić information content (AvgIpc) is 3.29. The van der Waals surface area contributed by atoms with Gasteiger partial charge in [-0.15, -0.1) is 16.4 Å². The summed E-state index contributed by atoms with van der Waals surface area (Å²) in [6.45, 7) is 0. The molecule has 3 heterocycles. The van der Waals surface area contributed by atoms with E-state index in [1.165, 1.54) is 11.3 Å². The molecule has 0 aliphatic heterocycles. The molecule has 5 rings (SSSR count). The zero-order chi connectivity index (χ0) is 19.1. The molecule has 3 aromatic heterocycles. The predicted octanol–water partition coefficient (Wildman–Crippen LogP) is 4.81. The van der Waals surface area contributed by atoms with Crippen LogP contribution in [0.2, 0.25) is 5.15 Å². The molecule has 0 aliphatic carbocycles. The summed E-state index contributed by atoms with van der Waals surface area (Å²) >= 11 is 7.78. The first-order chi connectivity index (χ1) is 13.7. The normalized spacial score (nSPS) is 11.2. The summed E-state index contributed by atoms with van der Waals surface area (Å²) in [6.07, 6.45) is 0. The van der Waals surface area contributed by atoms with Crippen molar-refractivity contribution in [1.29, 1.82) is 0 Å². The SMILES string of the molecule is COc1cccc(-c2csc3nc(Nc4nc5ccccc5nc4Cl)nn23)c1. The highest BCUT2D eigenvalue weighted by molar-refractivity contribution is 7.15. The van der Waals surface area contributed by atoms with Gasteiger partial charge in [-0.3, -0.25) is 0 Å². The summed E-state index contributed by atoms with van der Waals surface area (Å²) in [5, 5.41) is 9.91. The van der Waals surface area contributed by atoms with Crippen molar-refractivity contribution >= 4 is 50.7 Å². The van der Waals surface area contributed by atoms with Crippen molar-refractivity contribution in [3.8, 4) is 17.0 Å². The van der Waals surface area contributed by atoms with Crippen molar-refractivity contribution in [2.24, 2.45) is 0 Å². The van der Waals surface area contributed by atoms with E-state index in [1.54, 1.807) is 11.6 Å². The molecule has 0 amide bonds. The van der Waals surface area contributed by atoms with E-state index in [0.29, 0.717) is 11.8 Å². The molecule has 0 fully saturated rings. The number of nitrogens with one attached hydrogen (secondary N) is 1. The Morgan fingerprint density at radius 1 is 1.04 bits per heavy atom. The van der Waals surface area contributed by atoms with Gasteiger partial charge in [0.25, 0.3) is 0 Å². The standard InChI is InChI=1S/C19H13ClN6OS/c1-27-12-6-4-5-11(9-12)15-10-28-19-24-18(25-26(15)19)23-17-16(20)21-13-7-2-3-8-14(13)22-17/h2-10H,1H3,(H,22,23,25). The maximum atomic E-state index is 6.28. The van der Waals surface area contributed by atoms with Crippen LogP contribution >= 0.6 is 22.9 Å². The van der Waals surface area contributed by atoms with Crippen LogP contribution in [0.4, 0.5) is 11.8 Å². The molecular weight excluding hydrogens is 396 g/mol. The number of ether oxygens (including phenoxy) is 1. The van der Waals surface area contributed by atoms with Gasteiger partial charge in [0.05, 0.1) is 23.8 Å². The summed E-state index contributed by atoms with van der Waals surface area (Å²) < 4.78 is 7.10. The number of hydrogen-bond acceptors (Lipinski definition) is 7. The van der Waals surface area contributed by atoms with E-state index in [1.807, 2.05) is 53.9 Å². The van der Waals surface area contributed by atoms with E-state index in [4.69, 9.17) is 16.3 Å². The van der Waals surface area contributed by atoms with Crippen molar-refractivity contribution in [3.63, 3.8) is 0 Å². The van der Waals surface area contributed by atoms with Crippen LogP contribution in [0.15, 0.2) is 53.9 Å². The maximum Gasteiger partial charge on any atom is 0.249 e. The minimum absolute atomic E-state index is 0.268. The van der Waals surface area contributed by atoms with E-state index in [9.17, 15) is 0 Å². The van der Waals surface area contributed by atoms with Gasteiger partial charge in [0.2, 0.25) is 10.9 Å². The van der Waals surface area contributed by atoms with Crippen LogP contribution in [-0.2, 0) is 0 Å². The number of anilines is 2. The predicted molar refractivity (Wildman–Crippen MR) is 111 cm³/mol. The summed E-state index contributed by atoms with van der Waals surface area (Å²) in [7, 11) is 1.65. The van der Waals surface area contributed by atoms with Gasteiger partial charge in [-0.2, -0.15) is 4.98 Å². The smallest absolute Gasteiger partial charge is 0.249 e. The number of nitrogens with zero attached hydrogens (tertiary/aromatic N) is 5. The molecular formula is C19H13ClN6OS. The molecule has 0 spiro atoms. The minimum atomic E-state index is 0.268. The molecule has 9 heteroatoms. The molecule has 0 saturated heterocycles. The van der Waals surface area contributed by atoms with Crippen molar-refractivity contribution in [1.82, 2.24) is 24.6 Å². The van der Waals surface area contributed by atoms with E-state index in [0.717, 1.165) is 33.0 Å². The second-order valence-corrected chi connectivity index (χ2v) is 7.15. The van der Waals surface area contributed by atoms with E-state index >= 15 is 0 Å². The first-order valence-electron chi connectivity index (χ1n) is 8.39. The molecule has 0 unspecified atom stereocenters. The fraction of sp³-hybridized carbons (Fsp3) is 0.0526. The van der Waals surface area contributed by atoms with Gasteiger partial charge in [0.1, 0.15) is 5.75 Å². The lowest BCUT2D eigenvalue weighted by Gasteiger charge is -2.05. The van der Waals surface area contributed by atoms with Crippen molar-refractivity contribution < 1.29 is 4.74 Å².